The zero-order valence-corrected chi connectivity index (χ0v) is 10.2. The lowest BCUT2D eigenvalue weighted by Gasteiger charge is -2.12. The Morgan fingerprint density at radius 2 is 2.18 bits per heavy atom. The summed E-state index contributed by atoms with van der Waals surface area (Å²) in [7, 11) is 0. The van der Waals surface area contributed by atoms with Crippen molar-refractivity contribution in [2.24, 2.45) is 0 Å². The highest BCUT2D eigenvalue weighted by molar-refractivity contribution is 6.31. The van der Waals surface area contributed by atoms with Crippen molar-refractivity contribution in [1.82, 2.24) is 9.78 Å². The van der Waals surface area contributed by atoms with E-state index in [1.165, 1.54) is 17.7 Å². The highest BCUT2D eigenvalue weighted by atomic mass is 35.5. The van der Waals surface area contributed by atoms with Gasteiger partial charge in [-0.2, -0.15) is 5.10 Å². The van der Waals surface area contributed by atoms with Crippen LogP contribution < -0.4 is 0 Å². The Balaban J connectivity index is 2.63. The molecule has 0 saturated heterocycles. The highest BCUT2D eigenvalue weighted by Crippen LogP contribution is 2.25. The Morgan fingerprint density at radius 3 is 2.71 bits per heavy atom. The van der Waals surface area contributed by atoms with E-state index in [1.807, 2.05) is 0 Å². The van der Waals surface area contributed by atoms with E-state index in [4.69, 9.17) is 11.6 Å². The van der Waals surface area contributed by atoms with Crippen molar-refractivity contribution < 1.29 is 9.50 Å². The van der Waals surface area contributed by atoms with E-state index < -0.39 is 11.9 Å². The van der Waals surface area contributed by atoms with Crippen molar-refractivity contribution in [3.8, 4) is 5.69 Å². The number of rotatable bonds is 2. The summed E-state index contributed by atoms with van der Waals surface area (Å²) in [6, 6.07) is 4.57. The second kappa shape index (κ2) is 4.47. The van der Waals surface area contributed by atoms with Crippen LogP contribution in [0.5, 0.6) is 0 Å². The van der Waals surface area contributed by atoms with E-state index in [2.05, 4.69) is 5.10 Å². The fourth-order valence-electron chi connectivity index (χ4n) is 1.70. The summed E-state index contributed by atoms with van der Waals surface area (Å²) < 4.78 is 15.1. The average Bonchev–Trinajstić information content (AvgIpc) is 2.58. The molecule has 3 nitrogen and oxygen atoms in total. The van der Waals surface area contributed by atoms with Crippen LogP contribution in [-0.4, -0.2) is 14.9 Å². The molecule has 2 rings (SSSR count). The van der Waals surface area contributed by atoms with Gasteiger partial charge in [-0.05, 0) is 26.0 Å². The van der Waals surface area contributed by atoms with Gasteiger partial charge in [-0.15, -0.1) is 0 Å². The van der Waals surface area contributed by atoms with Crippen molar-refractivity contribution in [3.05, 3.63) is 46.5 Å². The molecule has 0 bridgehead atoms. The molecule has 2 aromatic rings. The molecule has 0 spiro atoms. The molecule has 1 atom stereocenters. The second-order valence-electron chi connectivity index (χ2n) is 3.86. The van der Waals surface area contributed by atoms with E-state index in [0.717, 1.165) is 0 Å². The molecular formula is C12H12ClFN2O. The number of nitrogens with zero attached hydrogens (tertiary/aromatic N) is 2. The lowest BCUT2D eigenvalue weighted by Crippen LogP contribution is -2.05. The van der Waals surface area contributed by atoms with Crippen LogP contribution in [0.15, 0.2) is 24.4 Å². The quantitative estimate of drug-likeness (QED) is 0.895. The summed E-state index contributed by atoms with van der Waals surface area (Å²) in [5.41, 5.74) is 1.37. The van der Waals surface area contributed by atoms with Gasteiger partial charge in [0.05, 0.1) is 22.5 Å². The second-order valence-corrected chi connectivity index (χ2v) is 4.26. The number of aromatic nitrogens is 2. The molecule has 5 heteroatoms. The topological polar surface area (TPSA) is 38.0 Å². The van der Waals surface area contributed by atoms with Crippen LogP contribution in [0, 0.1) is 12.7 Å². The molecule has 1 unspecified atom stereocenters. The maximum absolute atomic E-state index is 13.7. The van der Waals surface area contributed by atoms with E-state index in [0.29, 0.717) is 16.4 Å². The Bertz CT molecular complexity index is 532. The fourth-order valence-corrected chi connectivity index (χ4v) is 1.83. The minimum Gasteiger partial charge on any atom is -0.389 e. The van der Waals surface area contributed by atoms with Gasteiger partial charge in [0, 0.05) is 11.8 Å². The largest absolute Gasteiger partial charge is 0.389 e. The van der Waals surface area contributed by atoms with Gasteiger partial charge in [0.1, 0.15) is 5.82 Å². The van der Waals surface area contributed by atoms with Crippen LogP contribution >= 0.6 is 11.6 Å². The Hall–Kier alpha value is -1.39. The lowest BCUT2D eigenvalue weighted by atomic mass is 10.1. The number of hydrogen-bond donors (Lipinski definition) is 1. The number of halogens is 2. The van der Waals surface area contributed by atoms with Gasteiger partial charge < -0.3 is 5.11 Å². The summed E-state index contributed by atoms with van der Waals surface area (Å²) >= 11 is 5.91. The van der Waals surface area contributed by atoms with Gasteiger partial charge >= 0.3 is 0 Å². The third kappa shape index (κ3) is 2.18. The summed E-state index contributed by atoms with van der Waals surface area (Å²) in [5.74, 6) is -0.457. The van der Waals surface area contributed by atoms with Gasteiger partial charge in [0.2, 0.25) is 0 Å². The first-order chi connectivity index (χ1) is 8.00. The van der Waals surface area contributed by atoms with Crippen molar-refractivity contribution in [3.63, 3.8) is 0 Å². The third-order valence-electron chi connectivity index (χ3n) is 2.53. The van der Waals surface area contributed by atoms with Crippen LogP contribution in [0.1, 0.15) is 24.3 Å². The SMILES string of the molecule is Cc1nn(-c2cccc(F)c2C(C)O)cc1Cl. The molecule has 1 heterocycles. The first-order valence-corrected chi connectivity index (χ1v) is 5.57. The molecule has 17 heavy (non-hydrogen) atoms. The number of hydrogen-bond acceptors (Lipinski definition) is 2. The van der Waals surface area contributed by atoms with Crippen molar-refractivity contribution in [2.75, 3.05) is 0 Å². The third-order valence-corrected chi connectivity index (χ3v) is 2.90. The molecule has 0 radical (unpaired) electrons. The first kappa shape index (κ1) is 12.1. The van der Waals surface area contributed by atoms with Crippen LogP contribution in [0.2, 0.25) is 5.02 Å². The maximum atomic E-state index is 13.7. The lowest BCUT2D eigenvalue weighted by molar-refractivity contribution is 0.194. The molecule has 1 aromatic heterocycles. The zero-order valence-electron chi connectivity index (χ0n) is 9.48. The van der Waals surface area contributed by atoms with Gasteiger partial charge in [0.15, 0.2) is 0 Å². The van der Waals surface area contributed by atoms with Crippen molar-refractivity contribution >= 4 is 11.6 Å². The molecule has 0 saturated carbocycles. The molecular weight excluding hydrogens is 243 g/mol. The van der Waals surface area contributed by atoms with Crippen LogP contribution in [0.3, 0.4) is 0 Å². The minimum absolute atomic E-state index is 0.215. The van der Waals surface area contributed by atoms with Crippen molar-refractivity contribution in [2.45, 2.75) is 20.0 Å². The maximum Gasteiger partial charge on any atom is 0.131 e. The fraction of sp³-hybridized carbons (Fsp3) is 0.250. The molecule has 0 aliphatic carbocycles. The summed E-state index contributed by atoms with van der Waals surface area (Å²) in [6.07, 6.45) is 0.687. The standard InChI is InChI=1S/C12H12ClFN2O/c1-7-9(13)6-16(15-7)11-5-3-4-10(14)12(11)8(2)17/h3-6,8,17H,1-2H3. The van der Waals surface area contributed by atoms with E-state index >= 15 is 0 Å². The van der Waals surface area contributed by atoms with E-state index in [9.17, 15) is 9.50 Å². The smallest absolute Gasteiger partial charge is 0.131 e. The Morgan fingerprint density at radius 1 is 1.47 bits per heavy atom. The van der Waals surface area contributed by atoms with Crippen LogP contribution in [-0.2, 0) is 0 Å². The number of benzene rings is 1. The van der Waals surface area contributed by atoms with Crippen molar-refractivity contribution in [1.29, 1.82) is 0 Å². The molecule has 1 N–H and O–H groups in total. The predicted octanol–water partition coefficient (Wildman–Crippen LogP) is 3.03. The average molecular weight is 255 g/mol. The van der Waals surface area contributed by atoms with E-state index in [1.54, 1.807) is 25.3 Å². The normalized spacial score (nSPS) is 12.8. The number of aryl methyl sites for hydroxylation is 1. The molecule has 1 aromatic carbocycles. The highest BCUT2D eigenvalue weighted by Gasteiger charge is 2.16. The first-order valence-electron chi connectivity index (χ1n) is 5.19. The van der Waals surface area contributed by atoms with Crippen LogP contribution in [0.4, 0.5) is 4.39 Å². The Labute approximate surface area is 103 Å². The zero-order chi connectivity index (χ0) is 12.6. The molecule has 90 valence electrons. The summed E-state index contributed by atoms with van der Waals surface area (Å²) in [5, 5.41) is 14.3. The molecule has 0 amide bonds. The summed E-state index contributed by atoms with van der Waals surface area (Å²) in [4.78, 5) is 0. The van der Waals surface area contributed by atoms with Gasteiger partial charge in [-0.3, -0.25) is 0 Å². The van der Waals surface area contributed by atoms with E-state index in [-0.39, 0.29) is 5.56 Å². The molecule has 0 aliphatic rings. The monoisotopic (exact) mass is 254 g/mol. The van der Waals surface area contributed by atoms with Gasteiger partial charge in [0.25, 0.3) is 0 Å². The predicted molar refractivity (Wildman–Crippen MR) is 63.9 cm³/mol. The Kier molecular flexibility index (Phi) is 3.17. The minimum atomic E-state index is -0.908. The van der Waals surface area contributed by atoms with Gasteiger partial charge in [-0.1, -0.05) is 17.7 Å². The summed E-state index contributed by atoms with van der Waals surface area (Å²) in [6.45, 7) is 3.28. The molecule has 0 aliphatic heterocycles. The number of aliphatic hydroxyl groups excluding tert-OH is 1. The van der Waals surface area contributed by atoms with Crippen LogP contribution in [0.25, 0.3) is 5.69 Å². The molecule has 0 fully saturated rings. The van der Waals surface area contributed by atoms with Gasteiger partial charge in [-0.25, -0.2) is 9.07 Å². The number of aliphatic hydroxyl groups is 1.